The van der Waals surface area contributed by atoms with Gasteiger partial charge in [0.15, 0.2) is 0 Å². The molecule has 2 aromatic heterocycles. The number of rotatable bonds is 8. The molecule has 9 aromatic rings. The fourth-order valence-corrected chi connectivity index (χ4v) is 9.48. The molecule has 10 rings (SSSR count). The number of para-hydroxylation sites is 4. The van der Waals surface area contributed by atoms with Crippen LogP contribution in [0.25, 0.3) is 49.9 Å². The molecule has 0 bridgehead atoms. The summed E-state index contributed by atoms with van der Waals surface area (Å²) >= 11 is 0. The van der Waals surface area contributed by atoms with Gasteiger partial charge in [0.25, 0.3) is 0 Å². The molecule has 7 aromatic carbocycles. The largest absolute Gasteiger partial charge is 0.493 e. The van der Waals surface area contributed by atoms with Crippen molar-refractivity contribution < 1.29 is 38.9 Å². The van der Waals surface area contributed by atoms with Crippen molar-refractivity contribution in [1.82, 2.24) is 9.55 Å². The third kappa shape index (κ3) is 7.63. The van der Waals surface area contributed by atoms with Crippen LogP contribution in [0.3, 0.4) is 0 Å². The molecule has 0 radical (unpaired) electrons. The molecule has 0 aliphatic carbocycles. The first kappa shape index (κ1) is 30.2. The minimum atomic E-state index is -2.17. The van der Waals surface area contributed by atoms with Gasteiger partial charge in [-0.1, -0.05) is 169 Å². The number of fused-ring (bicyclic) bond motifs is 4. The zero-order chi connectivity index (χ0) is 55.0. The molecular weight excluding hydrogens is 976 g/mol. The smallest absolute Gasteiger partial charge is 0.135 e. The summed E-state index contributed by atoms with van der Waals surface area (Å²) in [4.78, 5) is 8.32. The second-order valence-electron chi connectivity index (χ2n) is 18.5. The van der Waals surface area contributed by atoms with Crippen molar-refractivity contribution in [3.05, 3.63) is 205 Å². The summed E-state index contributed by atoms with van der Waals surface area (Å²) in [7, 11) is -2.17. The molecule has 1 aliphatic heterocycles. The third-order valence-electron chi connectivity index (χ3n) is 12.0. The predicted octanol–water partition coefficient (Wildman–Crippen LogP) is 14.7. The Kier molecular flexibility index (Phi) is 7.79. The predicted molar refractivity (Wildman–Crippen MR) is 269 cm³/mol. The standard InChI is InChI=1S/C58H53N4Si.Pt/c1-57(2,3)42-32-33-59-55(37-42)62-51-27-16-15-24-49(51)50-31-30-43(36-54(50)62)58(4,5)44-34-45(38-46(35-44)63(6,7)8)60-39-61(53-29-18-17-28-52(53)60)56-47(40-20-11-9-12-21-40)25-19-26-48(56)41-22-13-10-14-23-41;/h9-33,35,37-39H,1-8H3;/q-3;/i9D,10D,11D,12D,13D,14D,19D,20D,21D,22D,23D,25D,26D;. The van der Waals surface area contributed by atoms with Crippen molar-refractivity contribution in [2.75, 3.05) is 9.80 Å². The molecule has 64 heavy (non-hydrogen) atoms. The quantitative estimate of drug-likeness (QED) is 0.112. The summed E-state index contributed by atoms with van der Waals surface area (Å²) in [5, 5.41) is 3.19. The van der Waals surface area contributed by atoms with E-state index in [2.05, 4.69) is 119 Å². The van der Waals surface area contributed by atoms with E-state index in [1.54, 1.807) is 23.7 Å². The molecule has 0 saturated heterocycles. The number of nitrogens with zero attached hydrogens (tertiary/aromatic N) is 4. The van der Waals surface area contributed by atoms with E-state index in [0.29, 0.717) is 17.1 Å². The summed E-state index contributed by atoms with van der Waals surface area (Å²) in [5.74, 6) is 0.782. The van der Waals surface area contributed by atoms with Crippen LogP contribution in [0.4, 0.5) is 22.7 Å². The Morgan fingerprint density at radius 1 is 0.625 bits per heavy atom. The van der Waals surface area contributed by atoms with Gasteiger partial charge < -0.3 is 14.4 Å². The minimum absolute atomic E-state index is 0. The van der Waals surface area contributed by atoms with Crippen molar-refractivity contribution in [2.24, 2.45) is 0 Å². The van der Waals surface area contributed by atoms with Crippen LogP contribution in [0, 0.1) is 18.8 Å². The molecule has 0 N–H and O–H groups in total. The van der Waals surface area contributed by atoms with Crippen molar-refractivity contribution >= 4 is 57.8 Å². The van der Waals surface area contributed by atoms with E-state index in [0.717, 1.165) is 49.5 Å². The molecule has 0 unspecified atom stereocenters. The van der Waals surface area contributed by atoms with E-state index in [1.807, 2.05) is 35.4 Å². The zero-order valence-corrected chi connectivity index (χ0v) is 40.1. The molecule has 1 aliphatic rings. The van der Waals surface area contributed by atoms with Crippen molar-refractivity contribution in [2.45, 2.75) is 65.1 Å². The van der Waals surface area contributed by atoms with E-state index in [1.165, 1.54) is 0 Å². The number of anilines is 4. The van der Waals surface area contributed by atoms with Gasteiger partial charge >= 0.3 is 0 Å². The van der Waals surface area contributed by atoms with Crippen molar-refractivity contribution in [3.8, 4) is 28.1 Å². The summed E-state index contributed by atoms with van der Waals surface area (Å²) in [6, 6.07) is 26.8. The fraction of sp³-hybridized carbons (Fsp3) is 0.172. The van der Waals surface area contributed by atoms with Gasteiger partial charge in [-0.15, -0.1) is 17.7 Å². The van der Waals surface area contributed by atoms with Gasteiger partial charge in [-0.05, 0) is 63.2 Å². The van der Waals surface area contributed by atoms with Crippen molar-refractivity contribution in [3.63, 3.8) is 0 Å². The molecule has 0 amide bonds. The minimum Gasteiger partial charge on any atom is -0.493 e. The molecule has 0 fully saturated rings. The van der Waals surface area contributed by atoms with Gasteiger partial charge in [0, 0.05) is 61.0 Å². The second-order valence-corrected chi connectivity index (χ2v) is 23.6. The summed E-state index contributed by atoms with van der Waals surface area (Å²) in [6.45, 7) is 19.2. The summed E-state index contributed by atoms with van der Waals surface area (Å²) in [6.07, 6.45) is 1.85. The normalized spacial score (nSPS) is 15.9. The van der Waals surface area contributed by atoms with Gasteiger partial charge in [-0.25, -0.2) is 4.98 Å². The number of benzene rings is 7. The second kappa shape index (κ2) is 16.5. The molecule has 0 spiro atoms. The summed E-state index contributed by atoms with van der Waals surface area (Å²) in [5.41, 5.74) is 3.66. The Bertz CT molecular complexity index is 3780. The average molecular weight is 1040 g/mol. The molecule has 4 nitrogen and oxygen atoms in total. The number of pyridine rings is 1. The van der Waals surface area contributed by atoms with Gasteiger partial charge in [-0.2, -0.15) is 52.7 Å². The first-order valence-electron chi connectivity index (χ1n) is 27.5. The molecular formula is C58H53N4PtSi-3. The van der Waals surface area contributed by atoms with Gasteiger partial charge in [-0.3, -0.25) is 0 Å². The van der Waals surface area contributed by atoms with Crippen LogP contribution >= 0.6 is 0 Å². The van der Waals surface area contributed by atoms with Crippen LogP contribution in [-0.4, -0.2) is 17.6 Å². The van der Waals surface area contributed by atoms with Gasteiger partial charge in [0.2, 0.25) is 0 Å². The summed E-state index contributed by atoms with van der Waals surface area (Å²) < 4.78 is 119. The zero-order valence-electron chi connectivity index (χ0n) is 49.8. The van der Waals surface area contributed by atoms with Crippen LogP contribution in [-0.2, 0) is 31.9 Å². The van der Waals surface area contributed by atoms with E-state index in [-0.39, 0.29) is 43.3 Å². The van der Waals surface area contributed by atoms with E-state index >= 15 is 0 Å². The number of hydrogen-bond acceptors (Lipinski definition) is 3. The maximum atomic E-state index is 9.50. The Morgan fingerprint density at radius 2 is 1.25 bits per heavy atom. The van der Waals surface area contributed by atoms with E-state index in [4.69, 9.17) is 20.1 Å². The maximum absolute atomic E-state index is 9.50. The van der Waals surface area contributed by atoms with Gasteiger partial charge in [0.05, 0.1) is 25.9 Å². The SMILES string of the molecule is [2H]c1c([2H])c([2H])c(-c2c([2H])c([2H])c([2H])c(-c3c([2H])c([2H])c([2H])c([2H])c3[2H])c2N2[CH-]N(c3[c-]c(C(C)(C)c4[c-]c5c(cc4)c4ccccc4n5-c4cc(C(C)(C)C)ccn4)cc([Si](C)(C)C)c3)c3ccccc32)c([2H])c1[2H].[Pt]. The molecule has 0 saturated carbocycles. The maximum Gasteiger partial charge on any atom is 0.135 e. The Morgan fingerprint density at radius 3 is 1.89 bits per heavy atom. The molecule has 6 heteroatoms. The van der Waals surface area contributed by atoms with Crippen LogP contribution in [0.5, 0.6) is 0 Å². The van der Waals surface area contributed by atoms with E-state index < -0.39 is 103 Å². The average Bonchev–Trinajstić information content (AvgIpc) is 4.00. The first-order valence-corrected chi connectivity index (χ1v) is 24.5. The topological polar surface area (TPSA) is 24.3 Å². The van der Waals surface area contributed by atoms with Crippen LogP contribution in [0.2, 0.25) is 19.6 Å². The first-order chi connectivity index (χ1) is 35.7. The molecule has 0 atom stereocenters. The van der Waals surface area contributed by atoms with E-state index in [9.17, 15) is 2.74 Å². The fourth-order valence-electron chi connectivity index (χ4n) is 8.34. The van der Waals surface area contributed by atoms with Crippen LogP contribution < -0.4 is 15.0 Å². The number of aromatic nitrogens is 2. The van der Waals surface area contributed by atoms with Gasteiger partial charge in [0.1, 0.15) is 5.82 Å². The Hall–Kier alpha value is -6.00. The number of hydrogen-bond donors (Lipinski definition) is 0. The Labute approximate surface area is 412 Å². The molecule has 322 valence electrons. The monoisotopic (exact) mass is 1040 g/mol. The van der Waals surface area contributed by atoms with Crippen molar-refractivity contribution in [1.29, 1.82) is 0 Å². The Balaban J connectivity index is 0.00000722. The van der Waals surface area contributed by atoms with Crippen LogP contribution in [0.1, 0.15) is 69.1 Å². The molecule has 3 heterocycles. The third-order valence-corrected chi connectivity index (χ3v) is 14.0. The van der Waals surface area contributed by atoms with Crippen LogP contribution in [0.15, 0.2) is 170 Å².